The molecule has 1 N–H and O–H groups in total. The van der Waals surface area contributed by atoms with Gasteiger partial charge in [0, 0.05) is 19.6 Å². The lowest BCUT2D eigenvalue weighted by molar-refractivity contribution is -0.139. The molecular weight excluding hydrogens is 221 g/mol. The van der Waals surface area contributed by atoms with Gasteiger partial charge in [-0.05, 0) is 30.0 Å². The predicted octanol–water partition coefficient (Wildman–Crippen LogP) is 2.04. The summed E-state index contributed by atoms with van der Waals surface area (Å²) < 4.78 is 13.1. The van der Waals surface area contributed by atoms with E-state index in [1.807, 2.05) is 6.07 Å². The third-order valence-corrected chi connectivity index (χ3v) is 3.12. The average molecular weight is 237 g/mol. The molecule has 0 radical (unpaired) electrons. The van der Waals surface area contributed by atoms with Crippen molar-refractivity contribution in [3.05, 3.63) is 35.1 Å². The maximum atomic E-state index is 13.1. The topological polar surface area (TPSA) is 40.5 Å². The fourth-order valence-corrected chi connectivity index (χ4v) is 2.25. The van der Waals surface area contributed by atoms with Gasteiger partial charge in [0.25, 0.3) is 0 Å². The van der Waals surface area contributed by atoms with Crippen LogP contribution < -0.4 is 0 Å². The van der Waals surface area contributed by atoms with Crippen molar-refractivity contribution in [2.24, 2.45) is 5.92 Å². The van der Waals surface area contributed by atoms with Gasteiger partial charge in [0.05, 0.1) is 6.42 Å². The third kappa shape index (κ3) is 3.03. The number of nitrogens with zero attached hydrogens (tertiary/aromatic N) is 1. The van der Waals surface area contributed by atoms with E-state index in [9.17, 15) is 9.18 Å². The molecule has 1 aliphatic rings. The second-order valence-electron chi connectivity index (χ2n) is 4.74. The molecule has 4 heteroatoms. The maximum Gasteiger partial charge on any atom is 0.303 e. The van der Waals surface area contributed by atoms with E-state index in [0.29, 0.717) is 5.56 Å². The predicted molar refractivity (Wildman–Crippen MR) is 62.2 cm³/mol. The lowest BCUT2D eigenvalue weighted by Gasteiger charge is -2.38. The van der Waals surface area contributed by atoms with Crippen LogP contribution in [0.3, 0.4) is 0 Å². The maximum absolute atomic E-state index is 13.1. The Morgan fingerprint density at radius 3 is 2.82 bits per heavy atom. The van der Waals surface area contributed by atoms with Crippen molar-refractivity contribution in [1.82, 2.24) is 4.90 Å². The van der Waals surface area contributed by atoms with E-state index >= 15 is 0 Å². The first-order valence-electron chi connectivity index (χ1n) is 5.74. The Balaban J connectivity index is 1.83. The number of carboxylic acids is 1. The number of likely N-dealkylation sites (tertiary alicyclic amines) is 1. The number of benzene rings is 1. The molecule has 1 fully saturated rings. The molecule has 92 valence electrons. The van der Waals surface area contributed by atoms with Crippen molar-refractivity contribution in [2.75, 3.05) is 13.1 Å². The number of aryl methyl sites for hydroxylation is 1. The molecule has 1 aromatic rings. The van der Waals surface area contributed by atoms with Crippen LogP contribution in [0, 0.1) is 18.7 Å². The minimum absolute atomic E-state index is 0.180. The lowest BCUT2D eigenvalue weighted by Crippen LogP contribution is -2.46. The molecular formula is C13H16FNO2. The number of carboxylic acid groups (broad SMARTS) is 1. The molecule has 0 amide bonds. The smallest absolute Gasteiger partial charge is 0.303 e. The van der Waals surface area contributed by atoms with Crippen LogP contribution >= 0.6 is 0 Å². The molecule has 0 aliphatic carbocycles. The van der Waals surface area contributed by atoms with E-state index < -0.39 is 5.97 Å². The third-order valence-electron chi connectivity index (χ3n) is 3.12. The second-order valence-corrected chi connectivity index (χ2v) is 4.74. The number of hydrogen-bond acceptors (Lipinski definition) is 2. The molecule has 1 aliphatic heterocycles. The molecule has 0 aromatic heterocycles. The highest BCUT2D eigenvalue weighted by molar-refractivity contribution is 5.67. The van der Waals surface area contributed by atoms with Crippen molar-refractivity contribution >= 4 is 5.97 Å². The first-order valence-corrected chi connectivity index (χ1v) is 5.74. The van der Waals surface area contributed by atoms with E-state index in [4.69, 9.17) is 5.11 Å². The van der Waals surface area contributed by atoms with Crippen molar-refractivity contribution in [1.29, 1.82) is 0 Å². The highest BCUT2D eigenvalue weighted by Gasteiger charge is 2.28. The zero-order valence-electron chi connectivity index (χ0n) is 9.82. The van der Waals surface area contributed by atoms with Gasteiger partial charge in [0.1, 0.15) is 5.82 Å². The molecule has 1 aromatic carbocycles. The van der Waals surface area contributed by atoms with Crippen LogP contribution in [0.15, 0.2) is 18.2 Å². The van der Waals surface area contributed by atoms with E-state index in [0.717, 1.165) is 25.2 Å². The molecule has 0 unspecified atom stereocenters. The number of rotatable bonds is 4. The monoisotopic (exact) mass is 237 g/mol. The molecule has 1 heterocycles. The lowest BCUT2D eigenvalue weighted by atomic mass is 9.95. The summed E-state index contributed by atoms with van der Waals surface area (Å²) >= 11 is 0. The van der Waals surface area contributed by atoms with Gasteiger partial charge in [-0.1, -0.05) is 12.1 Å². The second kappa shape index (κ2) is 4.84. The minimum atomic E-state index is -0.729. The van der Waals surface area contributed by atoms with Crippen LogP contribution in [0.2, 0.25) is 0 Å². The van der Waals surface area contributed by atoms with Crippen molar-refractivity contribution in [3.63, 3.8) is 0 Å². The highest BCUT2D eigenvalue weighted by atomic mass is 19.1. The van der Waals surface area contributed by atoms with Gasteiger partial charge < -0.3 is 5.11 Å². The van der Waals surface area contributed by atoms with Crippen LogP contribution in [0.25, 0.3) is 0 Å². The Labute approximate surface area is 99.9 Å². The summed E-state index contributed by atoms with van der Waals surface area (Å²) in [5, 5.41) is 8.63. The van der Waals surface area contributed by atoms with Gasteiger partial charge in [-0.2, -0.15) is 0 Å². The van der Waals surface area contributed by atoms with Crippen LogP contribution in [0.4, 0.5) is 4.39 Å². The Morgan fingerprint density at radius 2 is 2.24 bits per heavy atom. The largest absolute Gasteiger partial charge is 0.481 e. The Hall–Kier alpha value is -1.42. The quantitative estimate of drug-likeness (QED) is 0.871. The van der Waals surface area contributed by atoms with Gasteiger partial charge in [0.15, 0.2) is 0 Å². The molecule has 0 saturated carbocycles. The summed E-state index contributed by atoms with van der Waals surface area (Å²) in [7, 11) is 0. The van der Waals surface area contributed by atoms with Crippen molar-refractivity contribution in [3.8, 4) is 0 Å². The zero-order valence-corrected chi connectivity index (χ0v) is 9.82. The first-order chi connectivity index (χ1) is 8.04. The van der Waals surface area contributed by atoms with Gasteiger partial charge in [0.2, 0.25) is 0 Å². The van der Waals surface area contributed by atoms with Crippen molar-refractivity contribution in [2.45, 2.75) is 19.9 Å². The van der Waals surface area contributed by atoms with Gasteiger partial charge in [-0.15, -0.1) is 0 Å². The van der Waals surface area contributed by atoms with Crippen LogP contribution in [-0.2, 0) is 11.3 Å². The van der Waals surface area contributed by atoms with E-state index in [2.05, 4.69) is 4.90 Å². The number of halogens is 1. The summed E-state index contributed by atoms with van der Waals surface area (Å²) in [6.45, 7) is 4.17. The van der Waals surface area contributed by atoms with Crippen LogP contribution in [0.1, 0.15) is 17.5 Å². The number of hydrogen-bond donors (Lipinski definition) is 1. The fraction of sp³-hybridized carbons (Fsp3) is 0.462. The van der Waals surface area contributed by atoms with Gasteiger partial charge >= 0.3 is 5.97 Å². The molecule has 3 nitrogen and oxygen atoms in total. The Morgan fingerprint density at radius 1 is 1.53 bits per heavy atom. The highest BCUT2D eigenvalue weighted by Crippen LogP contribution is 2.22. The summed E-state index contributed by atoms with van der Waals surface area (Å²) in [6, 6.07) is 5.12. The molecule has 1 saturated heterocycles. The van der Waals surface area contributed by atoms with E-state index in [1.165, 1.54) is 6.07 Å². The van der Waals surface area contributed by atoms with Crippen LogP contribution in [0.5, 0.6) is 0 Å². The molecule has 0 spiro atoms. The summed E-state index contributed by atoms with van der Waals surface area (Å²) in [4.78, 5) is 12.7. The summed E-state index contributed by atoms with van der Waals surface area (Å²) in [5.41, 5.74) is 1.74. The zero-order chi connectivity index (χ0) is 12.4. The normalized spacial score (nSPS) is 16.8. The molecule has 2 rings (SSSR count). The SMILES string of the molecule is Cc1cc(CN2CC(CC(=O)O)C2)ccc1F. The Bertz CT molecular complexity index is 427. The van der Waals surface area contributed by atoms with Crippen molar-refractivity contribution < 1.29 is 14.3 Å². The number of carbonyl (C=O) groups is 1. The fourth-order valence-electron chi connectivity index (χ4n) is 2.25. The summed E-state index contributed by atoms with van der Waals surface area (Å²) in [5.74, 6) is -0.637. The first kappa shape index (κ1) is 12.0. The average Bonchev–Trinajstić information content (AvgIpc) is 2.19. The van der Waals surface area contributed by atoms with E-state index in [-0.39, 0.29) is 18.2 Å². The van der Waals surface area contributed by atoms with E-state index in [1.54, 1.807) is 13.0 Å². The standard InChI is InChI=1S/C13H16FNO2/c1-9-4-10(2-3-12(9)14)6-15-7-11(8-15)5-13(16)17/h2-4,11H,5-8H2,1H3,(H,16,17). The van der Waals surface area contributed by atoms with Crippen LogP contribution in [-0.4, -0.2) is 29.1 Å². The van der Waals surface area contributed by atoms with Gasteiger partial charge in [-0.3, -0.25) is 9.69 Å². The van der Waals surface area contributed by atoms with Gasteiger partial charge in [-0.25, -0.2) is 4.39 Å². The number of aliphatic carboxylic acids is 1. The minimum Gasteiger partial charge on any atom is -0.481 e. The summed E-state index contributed by atoms with van der Waals surface area (Å²) in [6.07, 6.45) is 0.249. The Kier molecular flexibility index (Phi) is 3.43. The molecule has 0 atom stereocenters. The molecule has 0 bridgehead atoms. The molecule has 17 heavy (non-hydrogen) atoms.